The van der Waals surface area contributed by atoms with E-state index in [1.807, 2.05) is 0 Å². The van der Waals surface area contributed by atoms with Crippen molar-refractivity contribution in [2.24, 2.45) is 23.2 Å². The average Bonchev–Trinajstić information content (AvgIpc) is 2.24. The summed E-state index contributed by atoms with van der Waals surface area (Å²) in [6.07, 6.45) is 6.07. The van der Waals surface area contributed by atoms with E-state index in [1.165, 1.54) is 33.1 Å². The zero-order valence-electron chi connectivity index (χ0n) is 11.9. The van der Waals surface area contributed by atoms with Crippen molar-refractivity contribution in [2.75, 3.05) is 0 Å². The summed E-state index contributed by atoms with van der Waals surface area (Å²) < 4.78 is 14.7. The van der Waals surface area contributed by atoms with Crippen LogP contribution in [-0.4, -0.2) is 17.2 Å². The summed E-state index contributed by atoms with van der Waals surface area (Å²) in [5, 5.41) is 0. The van der Waals surface area contributed by atoms with Gasteiger partial charge in [0.15, 0.2) is 11.5 Å². The monoisotopic (exact) mass is 266 g/mol. The van der Waals surface area contributed by atoms with Crippen molar-refractivity contribution in [1.29, 1.82) is 0 Å². The Morgan fingerprint density at radius 1 is 1.11 bits per heavy atom. The van der Waals surface area contributed by atoms with E-state index in [9.17, 15) is 14.0 Å². The van der Waals surface area contributed by atoms with Gasteiger partial charge < -0.3 is 0 Å². The number of alkyl halides is 1. The maximum absolute atomic E-state index is 14.7. The van der Waals surface area contributed by atoms with Crippen LogP contribution in [-0.2, 0) is 9.59 Å². The van der Waals surface area contributed by atoms with E-state index < -0.39 is 11.1 Å². The van der Waals surface area contributed by atoms with Gasteiger partial charge in [-0.25, -0.2) is 4.39 Å². The van der Waals surface area contributed by atoms with Crippen molar-refractivity contribution in [1.82, 2.24) is 0 Å². The largest absolute Gasteiger partial charge is 0.300 e. The fraction of sp³-hybridized carbons (Fsp3) is 0.875. The Labute approximate surface area is 114 Å². The van der Waals surface area contributed by atoms with Gasteiger partial charge in [-0.1, -0.05) is 0 Å². The van der Waals surface area contributed by atoms with E-state index in [1.54, 1.807) is 0 Å². The number of rotatable bonds is 4. The molecule has 2 nitrogen and oxygen atoms in total. The van der Waals surface area contributed by atoms with Crippen LogP contribution in [0.2, 0.25) is 0 Å². The van der Waals surface area contributed by atoms with Crippen molar-refractivity contribution in [3.05, 3.63) is 0 Å². The highest BCUT2D eigenvalue weighted by molar-refractivity contribution is 5.96. The minimum Gasteiger partial charge on any atom is -0.300 e. The Kier molecular flexibility index (Phi) is 2.88. The molecule has 19 heavy (non-hydrogen) atoms. The number of carbonyl (C=O) groups is 2. The molecule has 0 aromatic rings. The lowest BCUT2D eigenvalue weighted by Crippen LogP contribution is -2.55. The third-order valence-corrected chi connectivity index (χ3v) is 5.57. The minimum atomic E-state index is -1.96. The molecule has 4 aliphatic carbocycles. The zero-order chi connectivity index (χ0) is 13.8. The molecule has 0 aromatic heterocycles. The lowest BCUT2D eigenvalue weighted by Gasteiger charge is -2.56. The molecule has 0 aromatic carbocycles. The standard InChI is InChI=1S/C16H23FO2/c1-10(18)6-15(2,17)14(19)16-7-11-3-12(8-16)5-13(4-11)9-16/h11-13H,3-9H2,1-2H3. The fourth-order valence-corrected chi connectivity index (χ4v) is 5.49. The quantitative estimate of drug-likeness (QED) is 0.780. The molecule has 0 radical (unpaired) electrons. The van der Waals surface area contributed by atoms with Gasteiger partial charge in [0.25, 0.3) is 0 Å². The van der Waals surface area contributed by atoms with Crippen LogP contribution in [0.1, 0.15) is 58.8 Å². The van der Waals surface area contributed by atoms with Crippen LogP contribution in [0.15, 0.2) is 0 Å². The number of Topliss-reactive ketones (excluding diaryl/α,β-unsaturated/α-hetero) is 2. The first kappa shape index (κ1) is 13.3. The number of hydrogen-bond donors (Lipinski definition) is 0. The van der Waals surface area contributed by atoms with E-state index in [2.05, 4.69) is 0 Å². The lowest BCUT2D eigenvalue weighted by molar-refractivity contribution is -0.157. The van der Waals surface area contributed by atoms with Gasteiger partial charge in [0.2, 0.25) is 0 Å². The molecule has 0 saturated heterocycles. The third-order valence-electron chi connectivity index (χ3n) is 5.57. The summed E-state index contributed by atoms with van der Waals surface area (Å²) in [6, 6.07) is 0. The highest BCUT2D eigenvalue weighted by Crippen LogP contribution is 2.61. The maximum Gasteiger partial charge on any atom is 0.176 e. The molecule has 106 valence electrons. The number of hydrogen-bond acceptors (Lipinski definition) is 2. The SMILES string of the molecule is CC(=O)CC(C)(F)C(=O)C12CC3CC(CC(C3)C1)C2. The molecule has 4 rings (SSSR count). The zero-order valence-corrected chi connectivity index (χ0v) is 11.9. The van der Waals surface area contributed by atoms with E-state index in [-0.39, 0.29) is 18.0 Å². The summed E-state index contributed by atoms with van der Waals surface area (Å²) in [5.41, 5.74) is -2.40. The summed E-state index contributed by atoms with van der Waals surface area (Å²) in [7, 11) is 0. The van der Waals surface area contributed by atoms with Crippen LogP contribution in [0.4, 0.5) is 4.39 Å². The Balaban J connectivity index is 1.85. The topological polar surface area (TPSA) is 34.1 Å². The molecule has 0 spiro atoms. The first-order chi connectivity index (χ1) is 8.81. The van der Waals surface area contributed by atoms with E-state index in [0.717, 1.165) is 19.3 Å². The summed E-state index contributed by atoms with van der Waals surface area (Å²) in [4.78, 5) is 23.9. The van der Waals surface area contributed by atoms with Crippen molar-refractivity contribution in [2.45, 2.75) is 64.5 Å². The Bertz CT molecular complexity index is 389. The molecule has 0 aliphatic heterocycles. The summed E-state index contributed by atoms with van der Waals surface area (Å²) >= 11 is 0. The van der Waals surface area contributed by atoms with Crippen molar-refractivity contribution >= 4 is 11.6 Å². The summed E-state index contributed by atoms with van der Waals surface area (Å²) in [6.45, 7) is 2.68. The molecule has 4 fully saturated rings. The minimum absolute atomic E-state index is 0.233. The molecule has 3 heteroatoms. The molecule has 4 bridgehead atoms. The van der Waals surface area contributed by atoms with Gasteiger partial charge in [-0.2, -0.15) is 0 Å². The number of halogens is 1. The average molecular weight is 266 g/mol. The summed E-state index contributed by atoms with van der Waals surface area (Å²) in [5.74, 6) is 1.38. The molecule has 1 unspecified atom stereocenters. The van der Waals surface area contributed by atoms with Crippen LogP contribution < -0.4 is 0 Å². The van der Waals surface area contributed by atoms with Gasteiger partial charge in [0.05, 0.1) is 0 Å². The second kappa shape index (κ2) is 4.13. The van der Waals surface area contributed by atoms with Crippen LogP contribution in [0, 0.1) is 23.2 Å². The van der Waals surface area contributed by atoms with Crippen molar-refractivity contribution in [3.8, 4) is 0 Å². The predicted molar refractivity (Wildman–Crippen MR) is 70.4 cm³/mol. The molecular weight excluding hydrogens is 243 g/mol. The number of carbonyl (C=O) groups excluding carboxylic acids is 2. The molecule has 0 N–H and O–H groups in total. The maximum atomic E-state index is 14.7. The van der Waals surface area contributed by atoms with Crippen molar-refractivity contribution < 1.29 is 14.0 Å². The van der Waals surface area contributed by atoms with Gasteiger partial charge in [-0.15, -0.1) is 0 Å². The lowest BCUT2D eigenvalue weighted by atomic mass is 9.47. The second-order valence-corrected chi connectivity index (χ2v) is 7.60. The molecule has 1 atom stereocenters. The molecule has 0 heterocycles. The normalized spacial score (nSPS) is 43.0. The van der Waals surface area contributed by atoms with Gasteiger partial charge in [-0.05, 0) is 70.1 Å². The van der Waals surface area contributed by atoms with E-state index in [0.29, 0.717) is 17.8 Å². The van der Waals surface area contributed by atoms with E-state index >= 15 is 0 Å². The fourth-order valence-electron chi connectivity index (χ4n) is 5.49. The molecular formula is C16H23FO2. The molecule has 0 amide bonds. The first-order valence-electron chi connectivity index (χ1n) is 7.54. The van der Waals surface area contributed by atoms with Gasteiger partial charge in [0.1, 0.15) is 5.78 Å². The number of ketones is 2. The van der Waals surface area contributed by atoms with Gasteiger partial charge in [-0.3, -0.25) is 9.59 Å². The van der Waals surface area contributed by atoms with Crippen LogP contribution in [0.5, 0.6) is 0 Å². The third kappa shape index (κ3) is 2.15. The Morgan fingerprint density at radius 3 is 1.89 bits per heavy atom. The highest BCUT2D eigenvalue weighted by atomic mass is 19.1. The molecule has 4 aliphatic rings. The van der Waals surface area contributed by atoms with Crippen LogP contribution >= 0.6 is 0 Å². The predicted octanol–water partition coefficient (Wildman–Crippen LogP) is 3.48. The van der Waals surface area contributed by atoms with E-state index in [4.69, 9.17) is 0 Å². The van der Waals surface area contributed by atoms with Gasteiger partial charge in [0, 0.05) is 11.8 Å². The molecule has 4 saturated carbocycles. The van der Waals surface area contributed by atoms with Gasteiger partial charge >= 0.3 is 0 Å². The van der Waals surface area contributed by atoms with Crippen LogP contribution in [0.25, 0.3) is 0 Å². The highest BCUT2D eigenvalue weighted by Gasteiger charge is 2.58. The van der Waals surface area contributed by atoms with Crippen LogP contribution in [0.3, 0.4) is 0 Å². The Hall–Kier alpha value is -0.730. The van der Waals surface area contributed by atoms with Crippen molar-refractivity contribution in [3.63, 3.8) is 0 Å². The Morgan fingerprint density at radius 2 is 1.53 bits per heavy atom. The smallest absolute Gasteiger partial charge is 0.176 e. The first-order valence-corrected chi connectivity index (χ1v) is 7.54. The second-order valence-electron chi connectivity index (χ2n) is 7.60.